The Morgan fingerprint density at radius 2 is 2.00 bits per heavy atom. The second-order valence-electron chi connectivity index (χ2n) is 3.65. The topological polar surface area (TPSA) is 38.3 Å². The Bertz CT molecular complexity index is 182. The lowest BCUT2D eigenvalue weighted by Gasteiger charge is -2.39. The standard InChI is InChI=1S/C9H15NO2.ClH/c11-8-2-1-5-10-9(8)3-6-12-7-4-9;/h10H,1-7H2;1H. The lowest BCUT2D eigenvalue weighted by atomic mass is 9.81. The molecule has 1 spiro atoms. The Kier molecular flexibility index (Phi) is 3.71. The summed E-state index contributed by atoms with van der Waals surface area (Å²) in [5.41, 5.74) is -0.198. The average Bonchev–Trinajstić information content (AvgIpc) is 2.12. The van der Waals surface area contributed by atoms with Crippen LogP contribution in [0, 0.1) is 0 Å². The molecule has 3 nitrogen and oxygen atoms in total. The van der Waals surface area contributed by atoms with Crippen molar-refractivity contribution in [3.05, 3.63) is 0 Å². The van der Waals surface area contributed by atoms with Gasteiger partial charge in [0, 0.05) is 19.6 Å². The Morgan fingerprint density at radius 3 is 2.62 bits per heavy atom. The Balaban J connectivity index is 0.000000845. The molecule has 0 bridgehead atoms. The summed E-state index contributed by atoms with van der Waals surface area (Å²) in [5.74, 6) is 0.400. The van der Waals surface area contributed by atoms with E-state index < -0.39 is 0 Å². The van der Waals surface area contributed by atoms with Crippen molar-refractivity contribution in [3.63, 3.8) is 0 Å². The molecule has 2 fully saturated rings. The number of hydrogen-bond acceptors (Lipinski definition) is 3. The van der Waals surface area contributed by atoms with Crippen molar-refractivity contribution in [2.45, 2.75) is 31.2 Å². The highest BCUT2D eigenvalue weighted by Gasteiger charge is 2.40. The lowest BCUT2D eigenvalue weighted by Crippen LogP contribution is -2.58. The zero-order valence-electron chi connectivity index (χ0n) is 7.67. The summed E-state index contributed by atoms with van der Waals surface area (Å²) < 4.78 is 5.25. The minimum Gasteiger partial charge on any atom is -0.381 e. The summed E-state index contributed by atoms with van der Waals surface area (Å²) in [5, 5.41) is 3.35. The Morgan fingerprint density at radius 1 is 1.31 bits per heavy atom. The van der Waals surface area contributed by atoms with Gasteiger partial charge < -0.3 is 10.1 Å². The van der Waals surface area contributed by atoms with Crippen LogP contribution in [0.25, 0.3) is 0 Å². The quantitative estimate of drug-likeness (QED) is 0.639. The first kappa shape index (κ1) is 11.0. The van der Waals surface area contributed by atoms with Crippen molar-refractivity contribution in [1.82, 2.24) is 5.32 Å². The third-order valence-corrected chi connectivity index (χ3v) is 2.92. The van der Waals surface area contributed by atoms with Crippen LogP contribution in [0.4, 0.5) is 0 Å². The van der Waals surface area contributed by atoms with Gasteiger partial charge in [0.05, 0.1) is 5.54 Å². The molecule has 13 heavy (non-hydrogen) atoms. The minimum absolute atomic E-state index is 0. The highest BCUT2D eigenvalue weighted by atomic mass is 35.5. The van der Waals surface area contributed by atoms with Crippen LogP contribution in [-0.2, 0) is 9.53 Å². The first-order valence-electron chi connectivity index (χ1n) is 4.70. The van der Waals surface area contributed by atoms with Crippen LogP contribution in [0.5, 0.6) is 0 Å². The molecule has 0 saturated carbocycles. The number of rotatable bonds is 0. The van der Waals surface area contributed by atoms with Crippen molar-refractivity contribution >= 4 is 18.2 Å². The van der Waals surface area contributed by atoms with Crippen molar-refractivity contribution in [2.75, 3.05) is 19.8 Å². The van der Waals surface area contributed by atoms with E-state index in [1.807, 2.05) is 0 Å². The van der Waals surface area contributed by atoms with E-state index in [-0.39, 0.29) is 17.9 Å². The highest BCUT2D eigenvalue weighted by Crippen LogP contribution is 2.26. The van der Waals surface area contributed by atoms with Gasteiger partial charge in [0.15, 0.2) is 5.78 Å². The summed E-state index contributed by atoms with van der Waals surface area (Å²) in [6.07, 6.45) is 3.49. The molecule has 2 rings (SSSR count). The summed E-state index contributed by atoms with van der Waals surface area (Å²) in [7, 11) is 0. The van der Waals surface area contributed by atoms with Crippen LogP contribution in [0.15, 0.2) is 0 Å². The first-order valence-corrected chi connectivity index (χ1v) is 4.70. The van der Waals surface area contributed by atoms with Crippen molar-refractivity contribution in [3.8, 4) is 0 Å². The second kappa shape index (κ2) is 4.40. The van der Waals surface area contributed by atoms with E-state index in [1.165, 1.54) is 0 Å². The molecule has 4 heteroatoms. The smallest absolute Gasteiger partial charge is 0.153 e. The number of Topliss-reactive ketones (excluding diaryl/α,β-unsaturated/α-hetero) is 1. The van der Waals surface area contributed by atoms with Crippen LogP contribution in [0.3, 0.4) is 0 Å². The van der Waals surface area contributed by atoms with Gasteiger partial charge in [-0.15, -0.1) is 12.4 Å². The average molecular weight is 206 g/mol. The molecule has 76 valence electrons. The lowest BCUT2D eigenvalue weighted by molar-refractivity contribution is -0.131. The minimum atomic E-state index is -0.198. The molecule has 0 aromatic rings. The molecule has 2 heterocycles. The SMILES string of the molecule is Cl.O=C1CCCNC12CCOCC2. The van der Waals surface area contributed by atoms with E-state index in [0.29, 0.717) is 5.78 Å². The fraction of sp³-hybridized carbons (Fsp3) is 0.889. The summed E-state index contributed by atoms with van der Waals surface area (Å²) in [4.78, 5) is 11.7. The summed E-state index contributed by atoms with van der Waals surface area (Å²) in [6, 6.07) is 0. The molecule has 0 radical (unpaired) electrons. The van der Waals surface area contributed by atoms with Gasteiger partial charge in [-0.05, 0) is 25.8 Å². The molecule has 2 aliphatic heterocycles. The fourth-order valence-electron chi connectivity index (χ4n) is 2.09. The number of carbonyl (C=O) groups excluding carboxylic acids is 1. The molecular formula is C9H16ClNO2. The van der Waals surface area contributed by atoms with Crippen LogP contribution in [0.1, 0.15) is 25.7 Å². The van der Waals surface area contributed by atoms with Gasteiger partial charge >= 0.3 is 0 Å². The molecule has 2 aliphatic rings. The molecule has 2 saturated heterocycles. The van der Waals surface area contributed by atoms with E-state index in [1.54, 1.807) is 0 Å². The molecule has 0 aromatic heterocycles. The van der Waals surface area contributed by atoms with Crippen LogP contribution >= 0.6 is 12.4 Å². The van der Waals surface area contributed by atoms with Crippen LogP contribution in [0.2, 0.25) is 0 Å². The molecule has 1 N–H and O–H groups in total. The van der Waals surface area contributed by atoms with Gasteiger partial charge in [0.25, 0.3) is 0 Å². The maximum absolute atomic E-state index is 11.7. The number of piperidine rings is 1. The summed E-state index contributed by atoms with van der Waals surface area (Å²) in [6.45, 7) is 2.46. The van der Waals surface area contributed by atoms with Gasteiger partial charge in [-0.25, -0.2) is 0 Å². The Labute approximate surface area is 84.6 Å². The number of carbonyl (C=O) groups is 1. The first-order chi connectivity index (χ1) is 5.83. The number of ether oxygens (including phenoxy) is 1. The van der Waals surface area contributed by atoms with Crippen molar-refractivity contribution in [1.29, 1.82) is 0 Å². The number of nitrogens with one attached hydrogen (secondary N) is 1. The van der Waals surface area contributed by atoms with Crippen LogP contribution < -0.4 is 5.32 Å². The zero-order chi connectivity index (χ0) is 8.44. The third-order valence-electron chi connectivity index (χ3n) is 2.92. The molecule has 0 aromatic carbocycles. The van der Waals surface area contributed by atoms with Gasteiger partial charge in [-0.1, -0.05) is 0 Å². The van der Waals surface area contributed by atoms with E-state index in [0.717, 1.165) is 45.4 Å². The maximum Gasteiger partial charge on any atom is 0.153 e. The largest absolute Gasteiger partial charge is 0.381 e. The predicted molar refractivity (Wildman–Crippen MR) is 52.3 cm³/mol. The van der Waals surface area contributed by atoms with E-state index in [2.05, 4.69) is 5.32 Å². The molecule has 0 atom stereocenters. The van der Waals surface area contributed by atoms with Crippen molar-refractivity contribution < 1.29 is 9.53 Å². The molecule has 0 aliphatic carbocycles. The predicted octanol–water partition coefficient (Wildman–Crippen LogP) is 0.910. The van der Waals surface area contributed by atoms with Gasteiger partial charge in [-0.3, -0.25) is 4.79 Å². The molecule has 0 unspecified atom stereocenters. The van der Waals surface area contributed by atoms with E-state index in [4.69, 9.17) is 4.74 Å². The monoisotopic (exact) mass is 205 g/mol. The van der Waals surface area contributed by atoms with E-state index in [9.17, 15) is 4.79 Å². The van der Waals surface area contributed by atoms with Gasteiger partial charge in [-0.2, -0.15) is 0 Å². The molecular weight excluding hydrogens is 190 g/mol. The third kappa shape index (κ3) is 2.03. The molecule has 0 amide bonds. The maximum atomic E-state index is 11.7. The summed E-state index contributed by atoms with van der Waals surface area (Å²) >= 11 is 0. The highest BCUT2D eigenvalue weighted by molar-refractivity contribution is 5.89. The number of ketones is 1. The van der Waals surface area contributed by atoms with Crippen LogP contribution in [-0.4, -0.2) is 31.1 Å². The van der Waals surface area contributed by atoms with E-state index >= 15 is 0 Å². The second-order valence-corrected chi connectivity index (χ2v) is 3.65. The number of hydrogen-bond donors (Lipinski definition) is 1. The normalized spacial score (nSPS) is 26.9. The fourth-order valence-corrected chi connectivity index (χ4v) is 2.09. The van der Waals surface area contributed by atoms with Crippen molar-refractivity contribution in [2.24, 2.45) is 0 Å². The Hall–Kier alpha value is -0.120. The zero-order valence-corrected chi connectivity index (χ0v) is 8.49. The van der Waals surface area contributed by atoms with Gasteiger partial charge in [0.2, 0.25) is 0 Å². The van der Waals surface area contributed by atoms with Gasteiger partial charge in [0.1, 0.15) is 0 Å². The number of halogens is 1.